The van der Waals surface area contributed by atoms with E-state index in [1.165, 1.54) is 6.92 Å². The van der Waals surface area contributed by atoms with Crippen LogP contribution in [0.25, 0.3) is 0 Å². The molecule has 2 N–H and O–H groups in total. The number of nitrogens with zero attached hydrogens (tertiary/aromatic N) is 4. The van der Waals surface area contributed by atoms with Crippen molar-refractivity contribution in [2.75, 3.05) is 26.3 Å². The lowest BCUT2D eigenvalue weighted by Crippen LogP contribution is -2.51. The fourth-order valence-corrected chi connectivity index (χ4v) is 4.41. The zero-order valence-electron chi connectivity index (χ0n) is 15.5. The van der Waals surface area contributed by atoms with E-state index in [1.54, 1.807) is 0 Å². The molecule has 27 heavy (non-hydrogen) atoms. The third-order valence-electron chi connectivity index (χ3n) is 5.53. The van der Waals surface area contributed by atoms with Crippen molar-refractivity contribution >= 4 is 17.6 Å². The van der Waals surface area contributed by atoms with Crippen molar-refractivity contribution in [3.8, 4) is 6.07 Å². The van der Waals surface area contributed by atoms with E-state index in [-0.39, 0.29) is 17.6 Å². The molecule has 0 radical (unpaired) electrons. The molecule has 0 bridgehead atoms. The first kappa shape index (κ1) is 17.7. The number of amides is 1. The van der Waals surface area contributed by atoms with Gasteiger partial charge >= 0.3 is 0 Å². The molecule has 1 saturated heterocycles. The number of hydrogen-bond donors (Lipinski definition) is 1. The summed E-state index contributed by atoms with van der Waals surface area (Å²) in [6.07, 6.45) is 4.63. The van der Waals surface area contributed by atoms with E-state index in [4.69, 9.17) is 15.2 Å². The van der Waals surface area contributed by atoms with Crippen molar-refractivity contribution in [1.82, 2.24) is 4.90 Å². The predicted octanol–water partition coefficient (Wildman–Crippen LogP) is 1.60. The van der Waals surface area contributed by atoms with Gasteiger partial charge in [0.05, 0.1) is 18.8 Å². The Hall–Kier alpha value is -2.66. The molecule has 1 unspecified atom stereocenters. The summed E-state index contributed by atoms with van der Waals surface area (Å²) in [7, 11) is 0. The second-order valence-electron chi connectivity index (χ2n) is 7.16. The summed E-state index contributed by atoms with van der Waals surface area (Å²) in [5.41, 5.74) is 6.42. The zero-order chi connectivity index (χ0) is 19.0. The van der Waals surface area contributed by atoms with Gasteiger partial charge in [0.25, 0.3) is 0 Å². The quantitative estimate of drug-likeness (QED) is 0.694. The number of hydrogen-bond acceptors (Lipinski definition) is 7. The third kappa shape index (κ3) is 2.65. The molecule has 8 nitrogen and oxygen atoms in total. The molecule has 3 heterocycles. The second kappa shape index (κ2) is 6.82. The van der Waals surface area contributed by atoms with Crippen LogP contribution in [0.15, 0.2) is 32.7 Å². The number of fused-ring (bicyclic) bond motifs is 1. The largest absolute Gasteiger partial charge is 0.445 e. The number of carbonyl (C=O) groups excluding carboxylic acids is 1. The maximum absolute atomic E-state index is 11.9. The minimum Gasteiger partial charge on any atom is -0.445 e. The number of rotatable bonds is 0. The molecule has 0 aromatic heterocycles. The van der Waals surface area contributed by atoms with Gasteiger partial charge in [0.2, 0.25) is 11.8 Å². The van der Waals surface area contributed by atoms with Crippen molar-refractivity contribution in [2.24, 2.45) is 21.1 Å². The molecule has 4 aliphatic rings. The van der Waals surface area contributed by atoms with Gasteiger partial charge in [0.15, 0.2) is 5.41 Å². The van der Waals surface area contributed by atoms with E-state index in [1.807, 2.05) is 0 Å². The third-order valence-corrected chi connectivity index (χ3v) is 5.53. The fourth-order valence-electron chi connectivity index (χ4n) is 4.41. The molecule has 1 fully saturated rings. The minimum atomic E-state index is -1.07. The molecule has 1 spiro atoms. The molecular formula is C19H23N5O3. The van der Waals surface area contributed by atoms with Crippen molar-refractivity contribution in [3.63, 3.8) is 0 Å². The standard InChI is InChI=1S/C19H23N5O3/c1-12(25)22-18-19(13-5-3-2-4-6-15(13)27-18)14(11-20)16(21)23-17(19)24-7-9-26-10-8-24/h2-10,21H2,1H3. The Morgan fingerprint density at radius 1 is 1.30 bits per heavy atom. The molecule has 142 valence electrons. The van der Waals surface area contributed by atoms with Gasteiger partial charge in [-0.2, -0.15) is 10.3 Å². The van der Waals surface area contributed by atoms with Crippen LogP contribution < -0.4 is 5.73 Å². The molecule has 3 aliphatic heterocycles. The molecule has 1 amide bonds. The molecule has 8 heteroatoms. The highest BCUT2D eigenvalue weighted by molar-refractivity contribution is 6.19. The molecule has 1 aliphatic carbocycles. The average molecular weight is 369 g/mol. The van der Waals surface area contributed by atoms with Gasteiger partial charge in [-0.1, -0.05) is 6.42 Å². The van der Waals surface area contributed by atoms with Crippen molar-refractivity contribution in [1.29, 1.82) is 5.26 Å². The molecule has 4 rings (SSSR count). The van der Waals surface area contributed by atoms with Crippen molar-refractivity contribution in [2.45, 2.75) is 39.0 Å². The monoisotopic (exact) mass is 369 g/mol. The normalized spacial score (nSPS) is 29.6. The highest BCUT2D eigenvalue weighted by atomic mass is 16.5. The summed E-state index contributed by atoms with van der Waals surface area (Å²) in [5, 5.41) is 9.97. The summed E-state index contributed by atoms with van der Waals surface area (Å²) >= 11 is 0. The summed E-state index contributed by atoms with van der Waals surface area (Å²) in [4.78, 5) is 22.7. The number of amidine groups is 1. The van der Waals surface area contributed by atoms with Gasteiger partial charge in [-0.05, 0) is 24.8 Å². The van der Waals surface area contributed by atoms with Crippen molar-refractivity contribution in [3.05, 3.63) is 22.7 Å². The number of nitriles is 1. The van der Waals surface area contributed by atoms with E-state index in [9.17, 15) is 10.1 Å². The van der Waals surface area contributed by atoms with Crippen molar-refractivity contribution < 1.29 is 14.3 Å². The van der Waals surface area contributed by atoms with Gasteiger partial charge in [0.1, 0.15) is 23.5 Å². The van der Waals surface area contributed by atoms with Gasteiger partial charge < -0.3 is 20.1 Å². The number of ether oxygens (including phenoxy) is 2. The van der Waals surface area contributed by atoms with Crippen LogP contribution in [-0.4, -0.2) is 48.8 Å². The van der Waals surface area contributed by atoms with Crippen LogP contribution in [0.3, 0.4) is 0 Å². The molecule has 0 saturated carbocycles. The summed E-state index contributed by atoms with van der Waals surface area (Å²) < 4.78 is 11.6. The van der Waals surface area contributed by atoms with E-state index in [2.05, 4.69) is 21.0 Å². The Bertz CT molecular complexity index is 842. The molecule has 0 aromatic rings. The predicted molar refractivity (Wildman–Crippen MR) is 98.4 cm³/mol. The van der Waals surface area contributed by atoms with Crippen LogP contribution in [0.2, 0.25) is 0 Å². The maximum Gasteiger partial charge on any atom is 0.245 e. The van der Waals surface area contributed by atoms with Gasteiger partial charge in [-0.25, -0.2) is 4.99 Å². The summed E-state index contributed by atoms with van der Waals surface area (Å²) in [6, 6.07) is 2.25. The highest BCUT2D eigenvalue weighted by Crippen LogP contribution is 2.54. The van der Waals surface area contributed by atoms with Crippen LogP contribution in [0.5, 0.6) is 0 Å². The Labute approximate surface area is 158 Å². The number of aliphatic imine (C=N–C) groups is 2. The van der Waals surface area contributed by atoms with E-state index >= 15 is 0 Å². The number of morpholine rings is 1. The van der Waals surface area contributed by atoms with Crippen LogP contribution in [-0.2, 0) is 14.3 Å². The second-order valence-corrected chi connectivity index (χ2v) is 7.16. The first-order valence-electron chi connectivity index (χ1n) is 9.41. The molecule has 1 atom stereocenters. The van der Waals surface area contributed by atoms with Gasteiger partial charge in [0, 0.05) is 26.4 Å². The number of allylic oxidation sites excluding steroid dienone is 1. The van der Waals surface area contributed by atoms with Gasteiger partial charge in [-0.15, -0.1) is 0 Å². The molecular weight excluding hydrogens is 346 g/mol. The maximum atomic E-state index is 11.9. The Kier molecular flexibility index (Phi) is 4.48. The van der Waals surface area contributed by atoms with Crippen LogP contribution in [0.4, 0.5) is 0 Å². The fraction of sp³-hybridized carbons (Fsp3) is 0.579. The topological polar surface area (TPSA) is 113 Å². The van der Waals surface area contributed by atoms with E-state index < -0.39 is 5.41 Å². The van der Waals surface area contributed by atoms with Crippen LogP contribution in [0.1, 0.15) is 39.0 Å². The van der Waals surface area contributed by atoms with Crippen LogP contribution >= 0.6 is 0 Å². The SMILES string of the molecule is CC(=O)N=C1OC2=C(CCCCC2)C12C(N1CCOCC1)=NC(N)=C2C#N. The first-order chi connectivity index (χ1) is 13.1. The Morgan fingerprint density at radius 3 is 2.74 bits per heavy atom. The number of carbonyl (C=O) groups is 1. The number of nitrogens with two attached hydrogens (primary N) is 1. The Morgan fingerprint density at radius 2 is 2.04 bits per heavy atom. The lowest BCUT2D eigenvalue weighted by molar-refractivity contribution is -0.115. The lowest BCUT2D eigenvalue weighted by atomic mass is 9.72. The van der Waals surface area contributed by atoms with Gasteiger partial charge in [-0.3, -0.25) is 4.79 Å². The highest BCUT2D eigenvalue weighted by Gasteiger charge is 2.60. The smallest absolute Gasteiger partial charge is 0.245 e. The van der Waals surface area contributed by atoms with E-state index in [0.717, 1.165) is 43.4 Å². The minimum absolute atomic E-state index is 0.178. The van der Waals surface area contributed by atoms with Crippen LogP contribution in [0, 0.1) is 16.7 Å². The molecule has 0 aromatic carbocycles. The zero-order valence-corrected chi connectivity index (χ0v) is 15.5. The summed E-state index contributed by atoms with van der Waals surface area (Å²) in [5.74, 6) is 1.50. The van der Waals surface area contributed by atoms with E-state index in [0.29, 0.717) is 37.7 Å². The Balaban J connectivity index is 1.94. The first-order valence-corrected chi connectivity index (χ1v) is 9.41. The lowest BCUT2D eigenvalue weighted by Gasteiger charge is -2.37. The average Bonchev–Trinajstić information content (AvgIpc) is 2.98. The summed E-state index contributed by atoms with van der Waals surface area (Å²) in [6.45, 7) is 3.81.